The lowest BCUT2D eigenvalue weighted by atomic mass is 9.86. The standard InChI is InChI=1S/C14H20O6/c15-12-9-11(10-5-1-2-7-19-13(10)16)14(17)20-8-4-3-6-18-12/h10-11H,1-9H2. The SMILES string of the molecule is O=C1CC(C2CCCCOC2=O)C(=O)OCCCCO1. The number of cyclic esters (lactones) is 3. The number of esters is 3. The van der Waals surface area contributed by atoms with Gasteiger partial charge in [-0.2, -0.15) is 0 Å². The Balaban J connectivity index is 2.11. The van der Waals surface area contributed by atoms with Crippen molar-refractivity contribution < 1.29 is 28.6 Å². The number of hydrogen-bond donors (Lipinski definition) is 0. The highest BCUT2D eigenvalue weighted by atomic mass is 16.5. The molecule has 2 aliphatic heterocycles. The highest BCUT2D eigenvalue weighted by Crippen LogP contribution is 2.28. The van der Waals surface area contributed by atoms with E-state index in [0.717, 1.165) is 12.8 Å². The molecule has 2 atom stereocenters. The summed E-state index contributed by atoms with van der Waals surface area (Å²) in [5.74, 6) is -2.74. The molecule has 0 aromatic carbocycles. The summed E-state index contributed by atoms with van der Waals surface area (Å²) in [7, 11) is 0. The predicted octanol–water partition coefficient (Wildman–Crippen LogP) is 1.22. The third kappa shape index (κ3) is 3.95. The smallest absolute Gasteiger partial charge is 0.310 e. The molecule has 0 aliphatic carbocycles. The third-order valence-electron chi connectivity index (χ3n) is 3.68. The van der Waals surface area contributed by atoms with Crippen molar-refractivity contribution in [3.63, 3.8) is 0 Å². The summed E-state index contributed by atoms with van der Waals surface area (Å²) < 4.78 is 15.3. The maximum Gasteiger partial charge on any atom is 0.310 e. The van der Waals surface area contributed by atoms with E-state index in [0.29, 0.717) is 39.1 Å². The summed E-state index contributed by atoms with van der Waals surface area (Å²) in [5.41, 5.74) is 0. The van der Waals surface area contributed by atoms with Crippen molar-refractivity contribution in [3.8, 4) is 0 Å². The van der Waals surface area contributed by atoms with Gasteiger partial charge in [-0.3, -0.25) is 14.4 Å². The minimum Gasteiger partial charge on any atom is -0.466 e. The second kappa shape index (κ2) is 7.26. The topological polar surface area (TPSA) is 78.9 Å². The van der Waals surface area contributed by atoms with Gasteiger partial charge in [0.25, 0.3) is 0 Å². The molecule has 0 amide bonds. The summed E-state index contributed by atoms with van der Waals surface area (Å²) >= 11 is 0. The summed E-state index contributed by atoms with van der Waals surface area (Å²) in [4.78, 5) is 35.7. The van der Waals surface area contributed by atoms with Crippen LogP contribution < -0.4 is 0 Å². The number of hydrogen-bond acceptors (Lipinski definition) is 6. The average Bonchev–Trinajstić information content (AvgIpc) is 2.64. The van der Waals surface area contributed by atoms with E-state index in [1.807, 2.05) is 0 Å². The molecule has 0 saturated carbocycles. The first-order chi connectivity index (χ1) is 9.68. The Bertz CT molecular complexity index is 378. The number of rotatable bonds is 1. The van der Waals surface area contributed by atoms with Gasteiger partial charge in [0.2, 0.25) is 0 Å². The first-order valence-electron chi connectivity index (χ1n) is 7.17. The Morgan fingerprint density at radius 2 is 1.25 bits per heavy atom. The van der Waals surface area contributed by atoms with Gasteiger partial charge in [0.15, 0.2) is 0 Å². The van der Waals surface area contributed by atoms with Crippen molar-refractivity contribution in [2.45, 2.75) is 38.5 Å². The first kappa shape index (κ1) is 14.8. The van der Waals surface area contributed by atoms with Crippen molar-refractivity contribution in [2.75, 3.05) is 19.8 Å². The van der Waals surface area contributed by atoms with Gasteiger partial charge in [-0.1, -0.05) is 0 Å². The van der Waals surface area contributed by atoms with Gasteiger partial charge in [0.05, 0.1) is 38.1 Å². The van der Waals surface area contributed by atoms with Crippen molar-refractivity contribution in [3.05, 3.63) is 0 Å². The fraction of sp³-hybridized carbons (Fsp3) is 0.786. The molecule has 0 bridgehead atoms. The largest absolute Gasteiger partial charge is 0.466 e. The lowest BCUT2D eigenvalue weighted by Gasteiger charge is -2.23. The molecule has 112 valence electrons. The molecule has 2 rings (SSSR count). The summed E-state index contributed by atoms with van der Waals surface area (Å²) in [5, 5.41) is 0. The highest BCUT2D eigenvalue weighted by molar-refractivity contribution is 5.86. The number of carbonyl (C=O) groups excluding carboxylic acids is 3. The molecule has 2 fully saturated rings. The molecule has 20 heavy (non-hydrogen) atoms. The molecule has 0 aromatic heterocycles. The van der Waals surface area contributed by atoms with Gasteiger partial charge in [0, 0.05) is 0 Å². The van der Waals surface area contributed by atoms with Gasteiger partial charge in [-0.15, -0.1) is 0 Å². The Hall–Kier alpha value is -1.59. The molecule has 2 saturated heterocycles. The van der Waals surface area contributed by atoms with Crippen molar-refractivity contribution in [2.24, 2.45) is 11.8 Å². The summed E-state index contributed by atoms with van der Waals surface area (Å²) in [6, 6.07) is 0. The van der Waals surface area contributed by atoms with Gasteiger partial charge >= 0.3 is 17.9 Å². The van der Waals surface area contributed by atoms with Gasteiger partial charge in [-0.25, -0.2) is 0 Å². The van der Waals surface area contributed by atoms with Crippen molar-refractivity contribution in [1.82, 2.24) is 0 Å². The lowest BCUT2D eigenvalue weighted by molar-refractivity contribution is -0.165. The zero-order chi connectivity index (χ0) is 14.4. The minimum absolute atomic E-state index is 0.112. The second-order valence-electron chi connectivity index (χ2n) is 5.18. The maximum atomic E-state index is 12.1. The fourth-order valence-corrected chi connectivity index (χ4v) is 2.53. The van der Waals surface area contributed by atoms with Crippen LogP contribution in [0.25, 0.3) is 0 Å². The van der Waals surface area contributed by atoms with Crippen LogP contribution in [0.3, 0.4) is 0 Å². The molecule has 2 aliphatic rings. The van der Waals surface area contributed by atoms with E-state index >= 15 is 0 Å². The number of ether oxygens (including phenoxy) is 3. The molecule has 6 nitrogen and oxygen atoms in total. The maximum absolute atomic E-state index is 12.1. The Labute approximate surface area is 117 Å². The van der Waals surface area contributed by atoms with E-state index in [9.17, 15) is 14.4 Å². The quantitative estimate of drug-likeness (QED) is 0.532. The van der Waals surface area contributed by atoms with Gasteiger partial charge < -0.3 is 14.2 Å². The molecule has 2 unspecified atom stereocenters. The third-order valence-corrected chi connectivity index (χ3v) is 3.68. The summed E-state index contributed by atoms with van der Waals surface area (Å²) in [6.45, 7) is 1.01. The van der Waals surface area contributed by atoms with Crippen LogP contribution in [0.5, 0.6) is 0 Å². The molecular formula is C14H20O6. The van der Waals surface area contributed by atoms with E-state index in [2.05, 4.69) is 0 Å². The molecule has 0 N–H and O–H groups in total. The Kier molecular flexibility index (Phi) is 5.38. The van der Waals surface area contributed by atoms with Crippen LogP contribution in [-0.4, -0.2) is 37.7 Å². The van der Waals surface area contributed by atoms with Crippen LogP contribution in [0, 0.1) is 11.8 Å². The van der Waals surface area contributed by atoms with E-state index in [4.69, 9.17) is 14.2 Å². The van der Waals surface area contributed by atoms with E-state index in [-0.39, 0.29) is 6.42 Å². The van der Waals surface area contributed by atoms with Gasteiger partial charge in [0.1, 0.15) is 0 Å². The molecule has 0 spiro atoms. The lowest BCUT2D eigenvalue weighted by Crippen LogP contribution is -2.34. The molecule has 0 aromatic rings. The van der Waals surface area contributed by atoms with Crippen molar-refractivity contribution >= 4 is 17.9 Å². The van der Waals surface area contributed by atoms with Crippen LogP contribution in [0.15, 0.2) is 0 Å². The molecule has 0 radical (unpaired) electrons. The van der Waals surface area contributed by atoms with Crippen LogP contribution in [0.1, 0.15) is 38.5 Å². The van der Waals surface area contributed by atoms with Gasteiger partial charge in [-0.05, 0) is 32.1 Å². The van der Waals surface area contributed by atoms with Crippen LogP contribution >= 0.6 is 0 Å². The number of carbonyl (C=O) groups is 3. The Morgan fingerprint density at radius 1 is 0.700 bits per heavy atom. The fourth-order valence-electron chi connectivity index (χ4n) is 2.53. The second-order valence-corrected chi connectivity index (χ2v) is 5.18. The minimum atomic E-state index is -0.786. The molecule has 2 heterocycles. The Morgan fingerprint density at radius 3 is 1.95 bits per heavy atom. The zero-order valence-electron chi connectivity index (χ0n) is 11.5. The molecule has 6 heteroatoms. The average molecular weight is 284 g/mol. The van der Waals surface area contributed by atoms with Crippen LogP contribution in [0.4, 0.5) is 0 Å². The first-order valence-corrected chi connectivity index (χ1v) is 7.17. The van der Waals surface area contributed by atoms with E-state index in [1.54, 1.807) is 0 Å². The predicted molar refractivity (Wildman–Crippen MR) is 67.6 cm³/mol. The molecular weight excluding hydrogens is 264 g/mol. The summed E-state index contributed by atoms with van der Waals surface area (Å²) in [6.07, 6.45) is 3.35. The zero-order valence-corrected chi connectivity index (χ0v) is 11.5. The van der Waals surface area contributed by atoms with Crippen molar-refractivity contribution in [1.29, 1.82) is 0 Å². The monoisotopic (exact) mass is 284 g/mol. The normalized spacial score (nSPS) is 29.7. The van der Waals surface area contributed by atoms with Crippen LogP contribution in [0.2, 0.25) is 0 Å². The van der Waals surface area contributed by atoms with E-state index in [1.165, 1.54) is 0 Å². The van der Waals surface area contributed by atoms with Crippen LogP contribution in [-0.2, 0) is 28.6 Å². The highest BCUT2D eigenvalue weighted by Gasteiger charge is 2.38. The van der Waals surface area contributed by atoms with E-state index < -0.39 is 29.7 Å².